The van der Waals surface area contributed by atoms with Crippen LogP contribution < -0.4 is 0 Å². The largest absolute Gasteiger partial charge is 0.414 e. The van der Waals surface area contributed by atoms with E-state index in [1.807, 2.05) is 0 Å². The molecular weight excluding hydrogens is 473 g/mol. The van der Waals surface area contributed by atoms with Gasteiger partial charge in [0.1, 0.15) is 6.29 Å². The molecule has 2 atom stereocenters. The number of carbonyl (C=O) groups is 1. The van der Waals surface area contributed by atoms with Gasteiger partial charge in [-0.05, 0) is 59.3 Å². The predicted octanol–water partition coefficient (Wildman–Crippen LogP) is 8.94. The number of hydrogen-bond acceptors (Lipinski definition) is 4. The third-order valence-corrected chi connectivity index (χ3v) is 24.3. The molecule has 0 bridgehead atoms. The second kappa shape index (κ2) is 16.1. The Labute approximate surface area is 216 Å². The molecule has 0 aromatic carbocycles. The molecule has 0 saturated heterocycles. The Morgan fingerprint density at radius 3 is 1.35 bits per heavy atom. The maximum atomic E-state index is 11.5. The van der Waals surface area contributed by atoms with Gasteiger partial charge in [-0.25, -0.2) is 0 Å². The molecule has 0 fully saturated rings. The van der Waals surface area contributed by atoms with Gasteiger partial charge in [-0.3, -0.25) is 0 Å². The zero-order valence-electron chi connectivity index (χ0n) is 25.0. The van der Waals surface area contributed by atoms with Gasteiger partial charge >= 0.3 is 0 Å². The van der Waals surface area contributed by atoms with Gasteiger partial charge in [0.25, 0.3) is 0 Å². The van der Waals surface area contributed by atoms with E-state index in [0.717, 1.165) is 49.0 Å². The highest BCUT2D eigenvalue weighted by Gasteiger charge is 2.49. The fraction of sp³-hybridized carbons (Fsp3) is 0.963. The second-order valence-electron chi connectivity index (χ2n) is 11.2. The first-order valence-electron chi connectivity index (χ1n) is 14.4. The average Bonchev–Trinajstić information content (AvgIpc) is 2.82. The fourth-order valence-electron chi connectivity index (χ4n) is 6.08. The third kappa shape index (κ3) is 8.65. The minimum Gasteiger partial charge on any atom is -0.414 e. The Bertz CT molecular complexity index is 508. The third-order valence-electron chi connectivity index (χ3n) is 8.87. The topological polar surface area (TPSA) is 44.8 Å². The van der Waals surface area contributed by atoms with Crippen LogP contribution in [0.2, 0.25) is 52.9 Å². The fourth-order valence-corrected chi connectivity index (χ4v) is 17.2. The Morgan fingerprint density at radius 2 is 1.03 bits per heavy atom. The second-order valence-corrected chi connectivity index (χ2v) is 26.1. The SMILES string of the molecule is CC[Si](CC)(CC)OC[C@@H](O[Si](C(C)C)(C(C)C)C(C)C)[C@H](CCC=O)O[Si](CC)(CC)CC. The standard InChI is InChI=1S/C27H60O4Si3/c1-13-32(14-2,15-3)29-22-27(31-34(23(7)8,24(9)10)25(11)12)26(20-19-21-28)30-33(16-4,17-5)18-6/h21,23-27H,13-20,22H2,1-12H3/t26-,27+/m0/s1. The average molecular weight is 533 g/mol. The lowest BCUT2D eigenvalue weighted by molar-refractivity contribution is -0.108. The van der Waals surface area contributed by atoms with Crippen molar-refractivity contribution in [2.45, 2.75) is 161 Å². The van der Waals surface area contributed by atoms with E-state index < -0.39 is 25.0 Å². The summed E-state index contributed by atoms with van der Waals surface area (Å²) in [4.78, 5) is 11.5. The van der Waals surface area contributed by atoms with Gasteiger partial charge in [-0.1, -0.05) is 83.1 Å². The van der Waals surface area contributed by atoms with E-state index in [-0.39, 0.29) is 12.2 Å². The van der Waals surface area contributed by atoms with Gasteiger partial charge in [0.2, 0.25) is 8.32 Å². The number of rotatable bonds is 20. The van der Waals surface area contributed by atoms with Crippen molar-refractivity contribution < 1.29 is 18.1 Å². The lowest BCUT2D eigenvalue weighted by Gasteiger charge is -2.47. The Kier molecular flexibility index (Phi) is 16.2. The van der Waals surface area contributed by atoms with Crippen LogP contribution in [-0.4, -0.2) is 50.1 Å². The van der Waals surface area contributed by atoms with Crippen LogP contribution in [0.1, 0.15) is 95.9 Å². The molecule has 0 saturated carbocycles. The zero-order valence-corrected chi connectivity index (χ0v) is 28.0. The lowest BCUT2D eigenvalue weighted by Crippen LogP contribution is -2.56. The van der Waals surface area contributed by atoms with Crippen LogP contribution in [0.4, 0.5) is 0 Å². The van der Waals surface area contributed by atoms with Crippen molar-refractivity contribution in [3.05, 3.63) is 0 Å². The van der Waals surface area contributed by atoms with Gasteiger partial charge in [0, 0.05) is 6.42 Å². The normalized spacial score (nSPS) is 15.4. The Morgan fingerprint density at radius 1 is 0.618 bits per heavy atom. The summed E-state index contributed by atoms with van der Waals surface area (Å²) in [5.74, 6) is 0. The first-order valence-corrected chi connectivity index (χ1v) is 21.6. The zero-order chi connectivity index (χ0) is 26.6. The van der Waals surface area contributed by atoms with E-state index in [1.165, 1.54) is 0 Å². The van der Waals surface area contributed by atoms with Crippen molar-refractivity contribution in [2.75, 3.05) is 6.61 Å². The van der Waals surface area contributed by atoms with Crippen molar-refractivity contribution in [3.8, 4) is 0 Å². The van der Waals surface area contributed by atoms with Crippen LogP contribution in [0, 0.1) is 0 Å². The summed E-state index contributed by atoms with van der Waals surface area (Å²) < 4.78 is 21.4. The summed E-state index contributed by atoms with van der Waals surface area (Å²) in [6.45, 7) is 28.4. The van der Waals surface area contributed by atoms with E-state index in [1.54, 1.807) is 0 Å². The molecule has 0 aliphatic carbocycles. The molecule has 0 aliphatic heterocycles. The van der Waals surface area contributed by atoms with E-state index >= 15 is 0 Å². The van der Waals surface area contributed by atoms with Gasteiger partial charge in [0.05, 0.1) is 18.8 Å². The maximum Gasteiger partial charge on any atom is 0.201 e. The van der Waals surface area contributed by atoms with Crippen molar-refractivity contribution in [1.82, 2.24) is 0 Å². The Hall–Kier alpha value is 0.201. The molecule has 4 nitrogen and oxygen atoms in total. The molecule has 0 aromatic rings. The highest BCUT2D eigenvalue weighted by atomic mass is 28.4. The van der Waals surface area contributed by atoms with Gasteiger partial charge in [0.15, 0.2) is 16.6 Å². The molecule has 0 aromatic heterocycles. The molecule has 0 unspecified atom stereocenters. The number of hydrogen-bond donors (Lipinski definition) is 0. The van der Waals surface area contributed by atoms with Crippen molar-refractivity contribution in [3.63, 3.8) is 0 Å². The molecule has 0 radical (unpaired) electrons. The summed E-state index contributed by atoms with van der Waals surface area (Å²) in [6.07, 6.45) is 2.11. The highest BCUT2D eigenvalue weighted by Crippen LogP contribution is 2.44. The summed E-state index contributed by atoms with van der Waals surface area (Å²) in [5.41, 5.74) is 1.49. The molecule has 0 heterocycles. The van der Waals surface area contributed by atoms with Crippen LogP contribution in [-0.2, 0) is 18.1 Å². The first kappa shape index (κ1) is 34.2. The predicted molar refractivity (Wildman–Crippen MR) is 156 cm³/mol. The summed E-state index contributed by atoms with van der Waals surface area (Å²) in [5, 5.41) is 0. The maximum absolute atomic E-state index is 11.5. The molecule has 34 heavy (non-hydrogen) atoms. The van der Waals surface area contributed by atoms with Crippen molar-refractivity contribution in [2.24, 2.45) is 0 Å². The Balaban J connectivity index is 6.49. The molecule has 0 rings (SSSR count). The van der Waals surface area contributed by atoms with E-state index in [4.69, 9.17) is 13.3 Å². The van der Waals surface area contributed by atoms with E-state index in [2.05, 4.69) is 83.1 Å². The minimum absolute atomic E-state index is 0.0721. The monoisotopic (exact) mass is 532 g/mol. The molecule has 204 valence electrons. The molecule has 7 heteroatoms. The summed E-state index contributed by atoms with van der Waals surface area (Å²) >= 11 is 0. The number of aldehydes is 1. The van der Waals surface area contributed by atoms with E-state index in [9.17, 15) is 4.79 Å². The molecule has 0 aliphatic rings. The van der Waals surface area contributed by atoms with Crippen LogP contribution >= 0.6 is 0 Å². The number of carbonyl (C=O) groups excluding carboxylic acids is 1. The molecular formula is C27H60O4Si3. The smallest absolute Gasteiger partial charge is 0.201 e. The molecule has 0 spiro atoms. The van der Waals surface area contributed by atoms with Crippen LogP contribution in [0.5, 0.6) is 0 Å². The van der Waals surface area contributed by atoms with Gasteiger partial charge in [-0.2, -0.15) is 0 Å². The quantitative estimate of drug-likeness (QED) is 0.116. The first-order chi connectivity index (χ1) is 15.9. The summed E-state index contributed by atoms with van der Waals surface area (Å²) in [7, 11) is -5.79. The van der Waals surface area contributed by atoms with Crippen LogP contribution in [0.3, 0.4) is 0 Å². The lowest BCUT2D eigenvalue weighted by atomic mass is 10.1. The summed E-state index contributed by atoms with van der Waals surface area (Å²) in [6, 6.07) is 6.69. The van der Waals surface area contributed by atoms with Gasteiger partial charge in [-0.15, -0.1) is 0 Å². The van der Waals surface area contributed by atoms with E-state index in [0.29, 0.717) is 29.7 Å². The molecule has 0 amide bonds. The highest BCUT2D eigenvalue weighted by molar-refractivity contribution is 6.77. The van der Waals surface area contributed by atoms with Crippen LogP contribution in [0.25, 0.3) is 0 Å². The minimum atomic E-state index is -2.14. The molecule has 0 N–H and O–H groups in total. The van der Waals surface area contributed by atoms with Crippen molar-refractivity contribution >= 4 is 31.2 Å². The van der Waals surface area contributed by atoms with Crippen LogP contribution in [0.15, 0.2) is 0 Å². The van der Waals surface area contributed by atoms with Crippen molar-refractivity contribution in [1.29, 1.82) is 0 Å². The van der Waals surface area contributed by atoms with Gasteiger partial charge < -0.3 is 18.1 Å².